The number of nitrogens with two attached hydrogens (primary N) is 1. The lowest BCUT2D eigenvalue weighted by Gasteiger charge is -2.05. The summed E-state index contributed by atoms with van der Waals surface area (Å²) in [5, 5.41) is 6.69. The number of H-pyrrole nitrogens is 1. The SMILES string of the molecule is Nc1ccc(-c2cncn2-c2cn[nH]c2)cn1. The van der Waals surface area contributed by atoms with E-state index in [0.717, 1.165) is 16.9 Å². The van der Waals surface area contributed by atoms with Gasteiger partial charge >= 0.3 is 0 Å². The number of pyridine rings is 1. The molecule has 0 atom stereocenters. The zero-order valence-corrected chi connectivity index (χ0v) is 8.91. The van der Waals surface area contributed by atoms with Crippen molar-refractivity contribution in [1.82, 2.24) is 24.7 Å². The van der Waals surface area contributed by atoms with E-state index in [-0.39, 0.29) is 0 Å². The van der Waals surface area contributed by atoms with E-state index in [1.165, 1.54) is 0 Å². The molecule has 0 fully saturated rings. The van der Waals surface area contributed by atoms with Gasteiger partial charge in [-0.2, -0.15) is 5.10 Å². The van der Waals surface area contributed by atoms with Crippen molar-refractivity contribution in [1.29, 1.82) is 0 Å². The van der Waals surface area contributed by atoms with Crippen LogP contribution in [0.2, 0.25) is 0 Å². The molecule has 0 amide bonds. The Morgan fingerprint density at radius 3 is 2.82 bits per heavy atom. The Morgan fingerprint density at radius 1 is 1.18 bits per heavy atom. The van der Waals surface area contributed by atoms with E-state index in [4.69, 9.17) is 5.73 Å². The lowest BCUT2D eigenvalue weighted by molar-refractivity contribution is 1.06. The largest absolute Gasteiger partial charge is 0.384 e. The number of hydrogen-bond donors (Lipinski definition) is 2. The number of nitrogens with one attached hydrogen (secondary N) is 1. The second kappa shape index (κ2) is 3.75. The lowest BCUT2D eigenvalue weighted by Crippen LogP contribution is -1.95. The molecule has 6 nitrogen and oxygen atoms in total. The first-order valence-corrected chi connectivity index (χ1v) is 5.08. The molecule has 0 saturated carbocycles. The van der Waals surface area contributed by atoms with E-state index >= 15 is 0 Å². The zero-order chi connectivity index (χ0) is 11.7. The molecule has 3 rings (SSSR count). The summed E-state index contributed by atoms with van der Waals surface area (Å²) in [5.74, 6) is 0.503. The van der Waals surface area contributed by atoms with E-state index < -0.39 is 0 Å². The van der Waals surface area contributed by atoms with Crippen molar-refractivity contribution in [2.24, 2.45) is 0 Å². The number of hydrogen-bond acceptors (Lipinski definition) is 4. The Hall–Kier alpha value is -2.63. The minimum absolute atomic E-state index is 0.503. The standard InChI is InChI=1S/C11H10N6/c12-11-2-1-8(3-14-11)10-6-13-7-17(10)9-4-15-16-5-9/h1-7H,(H2,12,14)(H,15,16). The fourth-order valence-corrected chi connectivity index (χ4v) is 1.65. The zero-order valence-electron chi connectivity index (χ0n) is 8.91. The maximum atomic E-state index is 5.56. The molecule has 3 aromatic rings. The molecule has 0 bridgehead atoms. The maximum Gasteiger partial charge on any atom is 0.123 e. The summed E-state index contributed by atoms with van der Waals surface area (Å²) in [5.41, 5.74) is 8.39. The summed E-state index contributed by atoms with van der Waals surface area (Å²) in [6, 6.07) is 3.68. The van der Waals surface area contributed by atoms with Crippen LogP contribution < -0.4 is 5.73 Å². The summed E-state index contributed by atoms with van der Waals surface area (Å²) in [7, 11) is 0. The van der Waals surface area contributed by atoms with Crippen LogP contribution in [-0.4, -0.2) is 24.7 Å². The third-order valence-electron chi connectivity index (χ3n) is 2.48. The topological polar surface area (TPSA) is 85.4 Å². The number of aromatic nitrogens is 5. The Bertz CT molecular complexity index is 608. The molecule has 6 heteroatoms. The number of nitrogens with zero attached hydrogens (tertiary/aromatic N) is 4. The molecule has 0 aromatic carbocycles. The van der Waals surface area contributed by atoms with E-state index in [9.17, 15) is 0 Å². The van der Waals surface area contributed by atoms with Crippen molar-refractivity contribution < 1.29 is 0 Å². The third kappa shape index (κ3) is 1.65. The molecule has 17 heavy (non-hydrogen) atoms. The van der Waals surface area contributed by atoms with Crippen LogP contribution in [0.4, 0.5) is 5.82 Å². The van der Waals surface area contributed by atoms with Crippen molar-refractivity contribution in [2.75, 3.05) is 5.73 Å². The van der Waals surface area contributed by atoms with Gasteiger partial charge in [0, 0.05) is 18.0 Å². The van der Waals surface area contributed by atoms with Crippen LogP contribution in [0.5, 0.6) is 0 Å². The number of nitrogen functional groups attached to an aromatic ring is 1. The van der Waals surface area contributed by atoms with E-state index in [0.29, 0.717) is 5.82 Å². The highest BCUT2D eigenvalue weighted by Crippen LogP contribution is 2.21. The summed E-state index contributed by atoms with van der Waals surface area (Å²) in [6.45, 7) is 0. The van der Waals surface area contributed by atoms with Gasteiger partial charge in [-0.25, -0.2) is 9.97 Å². The predicted molar refractivity (Wildman–Crippen MR) is 63.4 cm³/mol. The fourth-order valence-electron chi connectivity index (χ4n) is 1.65. The van der Waals surface area contributed by atoms with Crippen molar-refractivity contribution in [3.05, 3.63) is 43.2 Å². The number of rotatable bonds is 2. The molecule has 0 unspecified atom stereocenters. The molecule has 0 radical (unpaired) electrons. The molecular weight excluding hydrogens is 216 g/mol. The van der Waals surface area contributed by atoms with E-state index in [1.807, 2.05) is 10.6 Å². The predicted octanol–water partition coefficient (Wildman–Crippen LogP) is 1.24. The fraction of sp³-hybridized carbons (Fsp3) is 0. The number of anilines is 1. The minimum Gasteiger partial charge on any atom is -0.384 e. The molecule has 0 aliphatic rings. The average Bonchev–Trinajstić information content (AvgIpc) is 3.00. The molecule has 0 spiro atoms. The van der Waals surface area contributed by atoms with Crippen LogP contribution in [0, 0.1) is 0 Å². The number of aromatic amines is 1. The molecule has 0 aliphatic heterocycles. The highest BCUT2D eigenvalue weighted by atomic mass is 15.1. The maximum absolute atomic E-state index is 5.56. The number of imidazole rings is 1. The molecule has 0 saturated heterocycles. The Morgan fingerprint density at radius 2 is 2.12 bits per heavy atom. The van der Waals surface area contributed by atoms with Crippen LogP contribution >= 0.6 is 0 Å². The summed E-state index contributed by atoms with van der Waals surface area (Å²) >= 11 is 0. The molecule has 3 heterocycles. The Labute approximate surface area is 97.1 Å². The summed E-state index contributed by atoms with van der Waals surface area (Å²) in [4.78, 5) is 8.21. The first-order valence-electron chi connectivity index (χ1n) is 5.08. The van der Waals surface area contributed by atoms with Crippen molar-refractivity contribution in [2.45, 2.75) is 0 Å². The van der Waals surface area contributed by atoms with E-state index in [2.05, 4.69) is 20.2 Å². The second-order valence-electron chi connectivity index (χ2n) is 3.58. The Kier molecular flexibility index (Phi) is 2.11. The molecule has 3 N–H and O–H groups in total. The van der Waals surface area contributed by atoms with Gasteiger partial charge in [0.1, 0.15) is 5.82 Å². The van der Waals surface area contributed by atoms with E-state index in [1.54, 1.807) is 37.2 Å². The van der Waals surface area contributed by atoms with Crippen LogP contribution in [0.15, 0.2) is 43.2 Å². The molecule has 3 aromatic heterocycles. The minimum atomic E-state index is 0.503. The normalized spacial score (nSPS) is 10.6. The van der Waals surface area contributed by atoms with Gasteiger partial charge in [-0.15, -0.1) is 0 Å². The molecule has 84 valence electrons. The van der Waals surface area contributed by atoms with Gasteiger partial charge in [-0.3, -0.25) is 9.67 Å². The quantitative estimate of drug-likeness (QED) is 0.688. The Balaban J connectivity index is 2.10. The van der Waals surface area contributed by atoms with Gasteiger partial charge in [0.15, 0.2) is 0 Å². The highest BCUT2D eigenvalue weighted by Gasteiger charge is 2.07. The lowest BCUT2D eigenvalue weighted by atomic mass is 10.2. The van der Waals surface area contributed by atoms with Gasteiger partial charge in [0.25, 0.3) is 0 Å². The third-order valence-corrected chi connectivity index (χ3v) is 2.48. The first-order chi connectivity index (χ1) is 8.34. The average molecular weight is 226 g/mol. The molecular formula is C11H10N6. The monoisotopic (exact) mass is 226 g/mol. The second-order valence-corrected chi connectivity index (χ2v) is 3.58. The van der Waals surface area contributed by atoms with Gasteiger partial charge in [-0.1, -0.05) is 0 Å². The van der Waals surface area contributed by atoms with Gasteiger partial charge in [0.05, 0.1) is 30.1 Å². The van der Waals surface area contributed by atoms with Gasteiger partial charge < -0.3 is 5.73 Å². The first kappa shape index (κ1) is 9.59. The summed E-state index contributed by atoms with van der Waals surface area (Å²) in [6.07, 6.45) is 8.77. The molecule has 0 aliphatic carbocycles. The van der Waals surface area contributed by atoms with Crippen LogP contribution in [0.3, 0.4) is 0 Å². The van der Waals surface area contributed by atoms with Crippen LogP contribution in [-0.2, 0) is 0 Å². The van der Waals surface area contributed by atoms with Gasteiger partial charge in [-0.05, 0) is 12.1 Å². The smallest absolute Gasteiger partial charge is 0.123 e. The van der Waals surface area contributed by atoms with Crippen molar-refractivity contribution in [3.8, 4) is 16.9 Å². The summed E-state index contributed by atoms with van der Waals surface area (Å²) < 4.78 is 1.93. The van der Waals surface area contributed by atoms with Crippen LogP contribution in [0.25, 0.3) is 16.9 Å². The van der Waals surface area contributed by atoms with Crippen molar-refractivity contribution >= 4 is 5.82 Å². The van der Waals surface area contributed by atoms with Crippen LogP contribution in [0.1, 0.15) is 0 Å². The van der Waals surface area contributed by atoms with Gasteiger partial charge in [0.2, 0.25) is 0 Å². The van der Waals surface area contributed by atoms with Crippen molar-refractivity contribution in [3.63, 3.8) is 0 Å². The highest BCUT2D eigenvalue weighted by molar-refractivity contribution is 5.61.